The van der Waals surface area contributed by atoms with Crippen molar-refractivity contribution in [2.75, 3.05) is 47.0 Å². The lowest BCUT2D eigenvalue weighted by Gasteiger charge is -2.30. The maximum Gasteiger partial charge on any atom is 0.232 e. The van der Waals surface area contributed by atoms with E-state index in [9.17, 15) is 8.42 Å². The predicted molar refractivity (Wildman–Crippen MR) is 107 cm³/mol. The number of hydrogen-bond donors (Lipinski definition) is 2. The minimum atomic E-state index is -3.27. The fourth-order valence-corrected chi connectivity index (χ4v) is 4.07. The van der Waals surface area contributed by atoms with Gasteiger partial charge in [0.1, 0.15) is 0 Å². The first-order valence-electron chi connectivity index (χ1n) is 8.87. The first kappa shape index (κ1) is 18.5. The first-order chi connectivity index (χ1) is 12.6. The zero-order chi connectivity index (χ0) is 18.4. The summed E-state index contributed by atoms with van der Waals surface area (Å²) in [6.45, 7) is 5.06. The number of ether oxygens (including phenoxy) is 1. The smallest absolute Gasteiger partial charge is 0.232 e. The summed E-state index contributed by atoms with van der Waals surface area (Å²) in [5.41, 5.74) is 3.65. The highest BCUT2D eigenvalue weighted by Gasteiger charge is 2.14. The molecule has 3 rings (SSSR count). The molecule has 0 bridgehead atoms. The van der Waals surface area contributed by atoms with E-state index < -0.39 is 10.0 Å². The van der Waals surface area contributed by atoms with E-state index >= 15 is 0 Å². The van der Waals surface area contributed by atoms with E-state index in [2.05, 4.69) is 21.0 Å². The van der Waals surface area contributed by atoms with E-state index in [-0.39, 0.29) is 5.75 Å². The van der Waals surface area contributed by atoms with E-state index in [1.54, 1.807) is 12.1 Å². The van der Waals surface area contributed by atoms with Crippen molar-refractivity contribution in [3.63, 3.8) is 0 Å². The third-order valence-electron chi connectivity index (χ3n) is 4.17. The molecule has 2 N–H and O–H groups in total. The molecular weight excluding hydrogens is 350 g/mol. The van der Waals surface area contributed by atoms with E-state index in [0.29, 0.717) is 12.1 Å². The summed E-state index contributed by atoms with van der Waals surface area (Å²) in [7, 11) is -3.27. The summed E-state index contributed by atoms with van der Waals surface area (Å²) < 4.78 is 31.7. The summed E-state index contributed by atoms with van der Waals surface area (Å²) >= 11 is 0. The quantitative estimate of drug-likeness (QED) is 0.776. The van der Waals surface area contributed by atoms with E-state index in [1.807, 2.05) is 37.3 Å². The van der Waals surface area contributed by atoms with Gasteiger partial charge in [-0.1, -0.05) is 19.1 Å². The molecule has 1 aliphatic rings. The molecule has 0 aromatic heterocycles. The van der Waals surface area contributed by atoms with Crippen LogP contribution in [0.25, 0.3) is 0 Å². The van der Waals surface area contributed by atoms with Gasteiger partial charge in [-0.3, -0.25) is 4.72 Å². The zero-order valence-electron chi connectivity index (χ0n) is 14.9. The van der Waals surface area contributed by atoms with Crippen molar-refractivity contribution in [3.8, 4) is 0 Å². The van der Waals surface area contributed by atoms with Gasteiger partial charge in [-0.15, -0.1) is 0 Å². The minimum absolute atomic E-state index is 0.125. The zero-order valence-corrected chi connectivity index (χ0v) is 15.8. The van der Waals surface area contributed by atoms with Crippen LogP contribution in [0, 0.1) is 0 Å². The van der Waals surface area contributed by atoms with Crippen LogP contribution in [0.3, 0.4) is 0 Å². The Morgan fingerprint density at radius 3 is 2.35 bits per heavy atom. The number of para-hydroxylation sites is 2. The van der Waals surface area contributed by atoms with Gasteiger partial charge in [0.25, 0.3) is 0 Å². The molecule has 7 heteroatoms. The largest absolute Gasteiger partial charge is 0.378 e. The Balaban J connectivity index is 1.72. The molecule has 1 saturated heterocycles. The van der Waals surface area contributed by atoms with Crippen LogP contribution in [-0.4, -0.2) is 40.5 Å². The second-order valence-electron chi connectivity index (χ2n) is 6.24. The normalized spacial score (nSPS) is 14.9. The maximum absolute atomic E-state index is 11.9. The fourth-order valence-electron chi connectivity index (χ4n) is 2.94. The van der Waals surface area contributed by atoms with E-state index in [1.165, 1.54) is 0 Å². The Morgan fingerprint density at radius 1 is 1.00 bits per heavy atom. The second kappa shape index (κ2) is 8.42. The van der Waals surface area contributed by atoms with Gasteiger partial charge in [-0.2, -0.15) is 0 Å². The second-order valence-corrected chi connectivity index (χ2v) is 8.08. The molecule has 1 fully saturated rings. The molecule has 2 aromatic carbocycles. The van der Waals surface area contributed by atoms with Crippen molar-refractivity contribution in [2.45, 2.75) is 13.3 Å². The van der Waals surface area contributed by atoms with Crippen molar-refractivity contribution in [1.82, 2.24) is 0 Å². The average molecular weight is 375 g/mol. The summed E-state index contributed by atoms with van der Waals surface area (Å²) in [5.74, 6) is 0.125. The fraction of sp³-hybridized carbons (Fsp3) is 0.368. The monoisotopic (exact) mass is 375 g/mol. The Morgan fingerprint density at radius 2 is 1.65 bits per heavy atom. The van der Waals surface area contributed by atoms with Crippen molar-refractivity contribution < 1.29 is 13.2 Å². The molecule has 0 radical (unpaired) electrons. The van der Waals surface area contributed by atoms with Crippen LogP contribution in [0.1, 0.15) is 13.3 Å². The van der Waals surface area contributed by atoms with Crippen LogP contribution < -0.4 is 14.9 Å². The summed E-state index contributed by atoms with van der Waals surface area (Å²) in [6.07, 6.45) is 0.591. The molecule has 6 nitrogen and oxygen atoms in total. The van der Waals surface area contributed by atoms with Gasteiger partial charge in [0.2, 0.25) is 10.0 Å². The molecule has 0 amide bonds. The Kier molecular flexibility index (Phi) is 6.00. The number of morpholine rings is 1. The van der Waals surface area contributed by atoms with Crippen molar-refractivity contribution in [1.29, 1.82) is 0 Å². The van der Waals surface area contributed by atoms with Gasteiger partial charge < -0.3 is 15.0 Å². The lowest BCUT2D eigenvalue weighted by Crippen LogP contribution is -2.36. The van der Waals surface area contributed by atoms with Crippen LogP contribution in [0.15, 0.2) is 48.5 Å². The maximum atomic E-state index is 11.9. The molecule has 0 aliphatic carbocycles. The number of rotatable bonds is 7. The molecule has 0 spiro atoms. The van der Waals surface area contributed by atoms with Crippen molar-refractivity contribution >= 4 is 32.8 Å². The number of hydrogen-bond acceptors (Lipinski definition) is 5. The number of benzene rings is 2. The Labute approximate surface area is 155 Å². The molecule has 0 atom stereocenters. The molecule has 26 heavy (non-hydrogen) atoms. The lowest BCUT2D eigenvalue weighted by atomic mass is 10.2. The van der Waals surface area contributed by atoms with Crippen molar-refractivity contribution in [3.05, 3.63) is 48.5 Å². The third-order valence-corrected chi connectivity index (χ3v) is 5.66. The highest BCUT2D eigenvalue weighted by atomic mass is 32.2. The summed E-state index contributed by atoms with van der Waals surface area (Å²) in [6, 6.07) is 15.5. The molecule has 1 aliphatic heterocycles. The minimum Gasteiger partial charge on any atom is -0.378 e. The average Bonchev–Trinajstić information content (AvgIpc) is 2.64. The van der Waals surface area contributed by atoms with Gasteiger partial charge in [0.05, 0.1) is 30.3 Å². The predicted octanol–water partition coefficient (Wildman–Crippen LogP) is 3.42. The number of anilines is 4. The van der Waals surface area contributed by atoms with Crippen molar-refractivity contribution in [2.24, 2.45) is 0 Å². The highest BCUT2D eigenvalue weighted by molar-refractivity contribution is 7.92. The SMILES string of the molecule is CCCS(=O)(=O)Nc1ccc(Nc2ccccc2N2CCOCC2)cc1. The van der Waals surface area contributed by atoms with Gasteiger partial charge in [0, 0.05) is 24.5 Å². The van der Waals surface area contributed by atoms with Crippen LogP contribution in [0.4, 0.5) is 22.7 Å². The van der Waals surface area contributed by atoms with Crippen LogP contribution >= 0.6 is 0 Å². The molecule has 1 heterocycles. The summed E-state index contributed by atoms with van der Waals surface area (Å²) in [4.78, 5) is 2.30. The van der Waals surface area contributed by atoms with Gasteiger partial charge in [-0.25, -0.2) is 8.42 Å². The Bertz CT molecular complexity index is 816. The molecule has 0 saturated carbocycles. The first-order valence-corrected chi connectivity index (χ1v) is 10.5. The molecule has 0 unspecified atom stereocenters. The summed E-state index contributed by atoms with van der Waals surface area (Å²) in [5, 5.41) is 3.43. The standard InChI is InChI=1S/C19H25N3O3S/c1-2-15-26(23,24)21-17-9-7-16(8-10-17)20-18-5-3-4-6-19(18)22-11-13-25-14-12-22/h3-10,20-21H,2,11-15H2,1H3. The third kappa shape index (κ3) is 4.89. The van der Waals surface area contributed by atoms with E-state index in [4.69, 9.17) is 4.74 Å². The molecule has 2 aromatic rings. The molecular formula is C19H25N3O3S. The van der Waals surface area contributed by atoms with Gasteiger partial charge >= 0.3 is 0 Å². The van der Waals surface area contributed by atoms with Crippen LogP contribution in [0.5, 0.6) is 0 Å². The van der Waals surface area contributed by atoms with Crippen LogP contribution in [0.2, 0.25) is 0 Å². The van der Waals surface area contributed by atoms with E-state index in [0.717, 1.165) is 43.4 Å². The number of sulfonamides is 1. The highest BCUT2D eigenvalue weighted by Crippen LogP contribution is 2.29. The van der Waals surface area contributed by atoms with Gasteiger partial charge in [-0.05, 0) is 42.8 Å². The van der Waals surface area contributed by atoms with Gasteiger partial charge in [0.15, 0.2) is 0 Å². The lowest BCUT2D eigenvalue weighted by molar-refractivity contribution is 0.123. The number of nitrogens with zero attached hydrogens (tertiary/aromatic N) is 1. The van der Waals surface area contributed by atoms with Crippen LogP contribution in [-0.2, 0) is 14.8 Å². The number of nitrogens with one attached hydrogen (secondary N) is 2. The molecule has 140 valence electrons. The Hall–Kier alpha value is -2.25. The topological polar surface area (TPSA) is 70.7 Å².